The van der Waals surface area contributed by atoms with Crippen LogP contribution in [-0.2, 0) is 17.9 Å². The van der Waals surface area contributed by atoms with Gasteiger partial charge in [0.25, 0.3) is 5.91 Å². The molecule has 1 amide bonds. The molecule has 0 unspecified atom stereocenters. The van der Waals surface area contributed by atoms with E-state index < -0.39 is 0 Å². The molecule has 0 atom stereocenters. The molecular formula is C23H22ClNO2. The Bertz CT molecular complexity index is 840. The largest absolute Gasteiger partial charge is 0.483 e. The average molecular weight is 380 g/mol. The standard InChI is InChI=1S/C23H22ClNO2/c1-18-14-21(24)12-13-22(18)27-17-23(26)25(15-19-8-4-2-5-9-19)16-20-10-6-3-7-11-20/h2-14H,15-17H2,1H3. The van der Waals surface area contributed by atoms with Crippen molar-refractivity contribution in [1.82, 2.24) is 4.90 Å². The minimum absolute atomic E-state index is 0.0118. The molecule has 3 nitrogen and oxygen atoms in total. The topological polar surface area (TPSA) is 29.5 Å². The first-order chi connectivity index (χ1) is 13.1. The van der Waals surface area contributed by atoms with Crippen molar-refractivity contribution in [2.75, 3.05) is 6.61 Å². The second kappa shape index (κ2) is 9.24. The summed E-state index contributed by atoms with van der Waals surface area (Å²) in [6.07, 6.45) is 0. The van der Waals surface area contributed by atoms with Crippen LogP contribution >= 0.6 is 11.6 Å². The number of carbonyl (C=O) groups is 1. The molecule has 138 valence electrons. The van der Waals surface area contributed by atoms with Gasteiger partial charge in [-0.2, -0.15) is 0 Å². The summed E-state index contributed by atoms with van der Waals surface area (Å²) < 4.78 is 5.76. The van der Waals surface area contributed by atoms with Gasteiger partial charge in [0.15, 0.2) is 6.61 Å². The molecule has 0 heterocycles. The van der Waals surface area contributed by atoms with Gasteiger partial charge in [0.1, 0.15) is 5.75 Å². The minimum atomic E-state index is -0.0583. The molecule has 0 bridgehead atoms. The number of amides is 1. The first kappa shape index (κ1) is 19.0. The van der Waals surface area contributed by atoms with Gasteiger partial charge < -0.3 is 9.64 Å². The van der Waals surface area contributed by atoms with Gasteiger partial charge in [-0.25, -0.2) is 0 Å². The van der Waals surface area contributed by atoms with Crippen LogP contribution in [0.15, 0.2) is 78.9 Å². The van der Waals surface area contributed by atoms with Crippen molar-refractivity contribution in [3.63, 3.8) is 0 Å². The fourth-order valence-corrected chi connectivity index (χ4v) is 3.07. The summed E-state index contributed by atoms with van der Waals surface area (Å²) in [6, 6.07) is 25.3. The molecule has 0 saturated carbocycles. The molecule has 0 aliphatic carbocycles. The van der Waals surface area contributed by atoms with Crippen LogP contribution in [0.2, 0.25) is 5.02 Å². The molecule has 0 N–H and O–H groups in total. The highest BCUT2D eigenvalue weighted by Gasteiger charge is 2.16. The normalized spacial score (nSPS) is 10.4. The predicted molar refractivity (Wildman–Crippen MR) is 109 cm³/mol. The summed E-state index contributed by atoms with van der Waals surface area (Å²) >= 11 is 5.98. The molecule has 0 radical (unpaired) electrons. The molecule has 0 saturated heterocycles. The monoisotopic (exact) mass is 379 g/mol. The molecule has 0 aromatic heterocycles. The van der Waals surface area contributed by atoms with Crippen molar-refractivity contribution in [2.24, 2.45) is 0 Å². The molecule has 27 heavy (non-hydrogen) atoms. The van der Waals surface area contributed by atoms with Crippen molar-refractivity contribution in [2.45, 2.75) is 20.0 Å². The summed E-state index contributed by atoms with van der Waals surface area (Å²) in [5, 5.41) is 0.654. The quantitative estimate of drug-likeness (QED) is 0.560. The van der Waals surface area contributed by atoms with Crippen molar-refractivity contribution >= 4 is 17.5 Å². The van der Waals surface area contributed by atoms with Crippen LogP contribution in [0.3, 0.4) is 0 Å². The van der Waals surface area contributed by atoms with Crippen LogP contribution < -0.4 is 4.74 Å². The van der Waals surface area contributed by atoms with Crippen LogP contribution in [0.5, 0.6) is 5.75 Å². The highest BCUT2D eigenvalue weighted by molar-refractivity contribution is 6.30. The molecule has 0 fully saturated rings. The van der Waals surface area contributed by atoms with E-state index in [1.807, 2.05) is 78.6 Å². The van der Waals surface area contributed by atoms with Gasteiger partial charge >= 0.3 is 0 Å². The first-order valence-corrected chi connectivity index (χ1v) is 9.24. The highest BCUT2D eigenvalue weighted by Crippen LogP contribution is 2.22. The molecule has 3 aromatic carbocycles. The Morgan fingerprint density at radius 3 is 1.96 bits per heavy atom. The number of benzene rings is 3. The van der Waals surface area contributed by atoms with E-state index in [4.69, 9.17) is 16.3 Å². The average Bonchev–Trinajstić information content (AvgIpc) is 2.68. The second-order valence-corrected chi connectivity index (χ2v) is 6.86. The van der Waals surface area contributed by atoms with Crippen LogP contribution in [0, 0.1) is 6.92 Å². The zero-order chi connectivity index (χ0) is 19.1. The summed E-state index contributed by atoms with van der Waals surface area (Å²) in [5.74, 6) is 0.615. The van der Waals surface area contributed by atoms with Gasteiger partial charge in [0.05, 0.1) is 0 Å². The fourth-order valence-electron chi connectivity index (χ4n) is 2.85. The van der Waals surface area contributed by atoms with E-state index in [2.05, 4.69) is 0 Å². The van der Waals surface area contributed by atoms with E-state index in [0.717, 1.165) is 16.7 Å². The Hall–Kier alpha value is -2.78. The molecular weight excluding hydrogens is 358 g/mol. The maximum Gasteiger partial charge on any atom is 0.261 e. The molecule has 4 heteroatoms. The summed E-state index contributed by atoms with van der Waals surface area (Å²) in [5.41, 5.74) is 3.09. The number of hydrogen-bond acceptors (Lipinski definition) is 2. The maximum atomic E-state index is 12.9. The number of rotatable bonds is 7. The Morgan fingerprint density at radius 2 is 1.44 bits per heavy atom. The zero-order valence-electron chi connectivity index (χ0n) is 15.3. The molecule has 0 spiro atoms. The molecule has 3 rings (SSSR count). The van der Waals surface area contributed by atoms with Gasteiger partial charge in [0, 0.05) is 18.1 Å². The lowest BCUT2D eigenvalue weighted by atomic mass is 10.1. The van der Waals surface area contributed by atoms with E-state index in [0.29, 0.717) is 23.9 Å². The van der Waals surface area contributed by atoms with E-state index in [-0.39, 0.29) is 12.5 Å². The number of carbonyl (C=O) groups excluding carboxylic acids is 1. The van der Waals surface area contributed by atoms with Crippen LogP contribution in [-0.4, -0.2) is 17.4 Å². The van der Waals surface area contributed by atoms with Crippen molar-refractivity contribution in [1.29, 1.82) is 0 Å². The van der Waals surface area contributed by atoms with Gasteiger partial charge in [-0.1, -0.05) is 72.3 Å². The fraction of sp³-hybridized carbons (Fsp3) is 0.174. The molecule has 3 aromatic rings. The van der Waals surface area contributed by atoms with Gasteiger partial charge in [-0.15, -0.1) is 0 Å². The lowest BCUT2D eigenvalue weighted by Crippen LogP contribution is -2.34. The minimum Gasteiger partial charge on any atom is -0.483 e. The third-order valence-corrected chi connectivity index (χ3v) is 4.51. The number of aryl methyl sites for hydroxylation is 1. The third-order valence-electron chi connectivity index (χ3n) is 4.27. The van der Waals surface area contributed by atoms with Gasteiger partial charge in [-0.05, 0) is 41.8 Å². The maximum absolute atomic E-state index is 12.9. The molecule has 0 aliphatic heterocycles. The Labute approximate surface area is 165 Å². The van der Waals surface area contributed by atoms with Crippen LogP contribution in [0.25, 0.3) is 0 Å². The Balaban J connectivity index is 1.71. The lowest BCUT2D eigenvalue weighted by Gasteiger charge is -2.23. The number of nitrogens with zero attached hydrogens (tertiary/aromatic N) is 1. The smallest absolute Gasteiger partial charge is 0.261 e. The van der Waals surface area contributed by atoms with E-state index >= 15 is 0 Å². The Morgan fingerprint density at radius 1 is 0.889 bits per heavy atom. The second-order valence-electron chi connectivity index (χ2n) is 6.42. The van der Waals surface area contributed by atoms with Crippen molar-refractivity contribution in [3.05, 3.63) is 101 Å². The number of halogens is 1. The summed E-state index contributed by atoms with van der Waals surface area (Å²) in [7, 11) is 0. The third kappa shape index (κ3) is 5.60. The summed E-state index contributed by atoms with van der Waals surface area (Å²) in [6.45, 7) is 2.98. The van der Waals surface area contributed by atoms with E-state index in [9.17, 15) is 4.79 Å². The van der Waals surface area contributed by atoms with E-state index in [1.54, 1.807) is 12.1 Å². The van der Waals surface area contributed by atoms with Gasteiger partial charge in [-0.3, -0.25) is 4.79 Å². The van der Waals surface area contributed by atoms with Crippen LogP contribution in [0.4, 0.5) is 0 Å². The highest BCUT2D eigenvalue weighted by atomic mass is 35.5. The molecule has 0 aliphatic rings. The first-order valence-electron chi connectivity index (χ1n) is 8.86. The number of ether oxygens (including phenoxy) is 1. The number of hydrogen-bond donors (Lipinski definition) is 0. The van der Waals surface area contributed by atoms with Crippen LogP contribution in [0.1, 0.15) is 16.7 Å². The Kier molecular flexibility index (Phi) is 6.50. The lowest BCUT2D eigenvalue weighted by molar-refractivity contribution is -0.134. The van der Waals surface area contributed by atoms with E-state index in [1.165, 1.54) is 0 Å². The SMILES string of the molecule is Cc1cc(Cl)ccc1OCC(=O)N(Cc1ccccc1)Cc1ccccc1. The predicted octanol–water partition coefficient (Wildman–Crippen LogP) is 5.26. The summed E-state index contributed by atoms with van der Waals surface area (Å²) in [4.78, 5) is 14.7. The van der Waals surface area contributed by atoms with Crippen molar-refractivity contribution < 1.29 is 9.53 Å². The van der Waals surface area contributed by atoms with Crippen molar-refractivity contribution in [3.8, 4) is 5.75 Å². The van der Waals surface area contributed by atoms with Gasteiger partial charge in [0.2, 0.25) is 0 Å². The zero-order valence-corrected chi connectivity index (χ0v) is 16.0.